The number of benzene rings is 1. The van der Waals surface area contributed by atoms with Gasteiger partial charge in [-0.05, 0) is 44.2 Å². The van der Waals surface area contributed by atoms with E-state index in [1.807, 2.05) is 6.92 Å². The first-order valence-electron chi connectivity index (χ1n) is 10.7. The third-order valence-electron chi connectivity index (χ3n) is 6.17. The van der Waals surface area contributed by atoms with Crippen molar-refractivity contribution in [3.63, 3.8) is 0 Å². The predicted octanol–water partition coefficient (Wildman–Crippen LogP) is 4.40. The van der Waals surface area contributed by atoms with E-state index in [4.69, 9.17) is 16.0 Å². The molecule has 3 rings (SSSR count). The van der Waals surface area contributed by atoms with Crippen LogP contribution in [0, 0.1) is 12.8 Å². The summed E-state index contributed by atoms with van der Waals surface area (Å²) in [5.41, 5.74) is 2.59. The Morgan fingerprint density at radius 3 is 2.79 bits per heavy atom. The van der Waals surface area contributed by atoms with Crippen molar-refractivity contribution < 1.29 is 14.4 Å². The highest BCUT2D eigenvalue weighted by molar-refractivity contribution is 6.33. The van der Waals surface area contributed by atoms with Crippen molar-refractivity contribution in [2.45, 2.75) is 72.3 Å². The summed E-state index contributed by atoms with van der Waals surface area (Å²) in [6.07, 6.45) is 7.61. The number of hydrogen-bond acceptors (Lipinski definition) is 3. The molecule has 2 atom stereocenters. The van der Waals surface area contributed by atoms with E-state index in [-0.39, 0.29) is 11.4 Å². The largest absolute Gasteiger partial charge is 0.506 e. The summed E-state index contributed by atoms with van der Waals surface area (Å²) < 4.78 is 5.78. The van der Waals surface area contributed by atoms with E-state index in [9.17, 15) is 9.90 Å². The second-order valence-electron chi connectivity index (χ2n) is 8.49. The molecule has 0 aliphatic carbocycles. The molecular weight excluding hydrogens is 374 g/mol. The Kier molecular flexibility index (Phi) is 7.05. The summed E-state index contributed by atoms with van der Waals surface area (Å²) in [5, 5.41) is 11.8. The standard InChI is InChI=1S/C23H32ClNO3/c1-4-5-6-7-10-17-16(3)18-12-20(24)21(26)19(22(18)28-23(17)27)14-25-11-8-9-15(2)13-25/h12,15,26H,4-11,13-14H2,1-3H3/p+1/t15-/m0/s1. The lowest BCUT2D eigenvalue weighted by molar-refractivity contribution is -0.922. The molecule has 0 bridgehead atoms. The molecule has 1 aliphatic rings. The van der Waals surface area contributed by atoms with Gasteiger partial charge in [-0.1, -0.05) is 44.7 Å². The number of nitrogens with one attached hydrogen (secondary N) is 1. The van der Waals surface area contributed by atoms with Crippen LogP contribution in [0.15, 0.2) is 15.3 Å². The molecule has 0 amide bonds. The minimum Gasteiger partial charge on any atom is -0.506 e. The monoisotopic (exact) mass is 406 g/mol. The summed E-state index contributed by atoms with van der Waals surface area (Å²) in [5.74, 6) is 0.720. The van der Waals surface area contributed by atoms with Crippen molar-refractivity contribution in [3.8, 4) is 5.75 Å². The maximum Gasteiger partial charge on any atom is 0.339 e. The summed E-state index contributed by atoms with van der Waals surface area (Å²) in [6, 6.07) is 1.75. The molecule has 1 saturated heterocycles. The first-order chi connectivity index (χ1) is 13.4. The number of unbranched alkanes of at least 4 members (excludes halogenated alkanes) is 3. The Morgan fingerprint density at radius 1 is 1.29 bits per heavy atom. The van der Waals surface area contributed by atoms with Crippen LogP contribution >= 0.6 is 11.6 Å². The fourth-order valence-electron chi connectivity index (χ4n) is 4.53. The molecule has 1 aromatic heterocycles. The second-order valence-corrected chi connectivity index (χ2v) is 8.90. The van der Waals surface area contributed by atoms with Gasteiger partial charge in [0.1, 0.15) is 12.3 Å². The van der Waals surface area contributed by atoms with Crippen LogP contribution in [0.5, 0.6) is 5.75 Å². The van der Waals surface area contributed by atoms with Crippen LogP contribution in [0.25, 0.3) is 11.0 Å². The highest BCUT2D eigenvalue weighted by Gasteiger charge is 2.25. The van der Waals surface area contributed by atoms with E-state index in [0.717, 1.165) is 48.9 Å². The zero-order valence-electron chi connectivity index (χ0n) is 17.4. The molecule has 2 N–H and O–H groups in total. The van der Waals surface area contributed by atoms with Crippen LogP contribution in [-0.4, -0.2) is 18.2 Å². The van der Waals surface area contributed by atoms with Gasteiger partial charge < -0.3 is 14.4 Å². The van der Waals surface area contributed by atoms with Crippen molar-refractivity contribution in [2.24, 2.45) is 5.92 Å². The van der Waals surface area contributed by atoms with Crippen LogP contribution in [0.4, 0.5) is 0 Å². The topological polar surface area (TPSA) is 54.9 Å². The average Bonchev–Trinajstić information content (AvgIpc) is 2.66. The van der Waals surface area contributed by atoms with Crippen LogP contribution in [-0.2, 0) is 13.0 Å². The first kappa shape index (κ1) is 21.2. The van der Waals surface area contributed by atoms with Gasteiger partial charge in [0.05, 0.1) is 23.7 Å². The van der Waals surface area contributed by atoms with E-state index in [1.54, 1.807) is 6.07 Å². The third kappa shape index (κ3) is 4.55. The average molecular weight is 407 g/mol. The molecule has 1 aliphatic heterocycles. The van der Waals surface area contributed by atoms with Gasteiger partial charge >= 0.3 is 5.63 Å². The van der Waals surface area contributed by atoms with E-state index in [1.165, 1.54) is 30.6 Å². The Morgan fingerprint density at radius 2 is 2.07 bits per heavy atom. The highest BCUT2D eigenvalue weighted by Crippen LogP contribution is 2.36. The summed E-state index contributed by atoms with van der Waals surface area (Å²) in [4.78, 5) is 14.1. The number of likely N-dealkylation sites (tertiary alicyclic amines) is 1. The Labute approximate surface area is 172 Å². The zero-order chi connectivity index (χ0) is 20.3. The van der Waals surface area contributed by atoms with Gasteiger partial charge in [-0.25, -0.2) is 4.79 Å². The SMILES string of the molecule is CCCCCCc1c(C)c2cc(Cl)c(O)c(C[NH+]3CCC[C@H](C)C3)c2oc1=O. The van der Waals surface area contributed by atoms with Crippen LogP contribution in [0.1, 0.15) is 69.1 Å². The number of quaternary nitrogens is 1. The number of fused-ring (bicyclic) bond motifs is 1. The van der Waals surface area contributed by atoms with Crippen molar-refractivity contribution in [3.05, 3.63) is 38.2 Å². The molecule has 154 valence electrons. The first-order valence-corrected chi connectivity index (χ1v) is 11.1. The normalized spacial score (nSPS) is 20.0. The molecule has 0 spiro atoms. The summed E-state index contributed by atoms with van der Waals surface area (Å²) >= 11 is 6.37. The zero-order valence-corrected chi connectivity index (χ0v) is 18.1. The molecule has 1 aromatic carbocycles. The van der Waals surface area contributed by atoms with E-state index in [0.29, 0.717) is 28.6 Å². The van der Waals surface area contributed by atoms with Crippen LogP contribution in [0.3, 0.4) is 0 Å². The predicted molar refractivity (Wildman–Crippen MR) is 115 cm³/mol. The quantitative estimate of drug-likeness (QED) is 0.529. The van der Waals surface area contributed by atoms with Crippen molar-refractivity contribution in [2.75, 3.05) is 13.1 Å². The number of halogens is 1. The van der Waals surface area contributed by atoms with E-state index < -0.39 is 0 Å². The maximum absolute atomic E-state index is 12.7. The molecule has 28 heavy (non-hydrogen) atoms. The molecule has 1 unspecified atom stereocenters. The van der Waals surface area contributed by atoms with Crippen molar-refractivity contribution >= 4 is 22.6 Å². The Bertz CT molecular complexity index is 890. The highest BCUT2D eigenvalue weighted by atomic mass is 35.5. The van der Waals surface area contributed by atoms with Gasteiger partial charge in [0.15, 0.2) is 5.58 Å². The number of rotatable bonds is 7. The molecule has 1 fully saturated rings. The van der Waals surface area contributed by atoms with Crippen LogP contribution in [0.2, 0.25) is 5.02 Å². The van der Waals surface area contributed by atoms with E-state index in [2.05, 4.69) is 13.8 Å². The molecule has 2 aromatic rings. The van der Waals surface area contributed by atoms with Crippen molar-refractivity contribution in [1.82, 2.24) is 0 Å². The van der Waals surface area contributed by atoms with Gasteiger partial charge in [0.2, 0.25) is 0 Å². The summed E-state index contributed by atoms with van der Waals surface area (Å²) in [6.45, 7) is 9.18. The van der Waals surface area contributed by atoms with Crippen molar-refractivity contribution in [1.29, 1.82) is 0 Å². The molecule has 5 heteroatoms. The number of piperidine rings is 1. The number of hydrogen-bond donors (Lipinski definition) is 2. The second kappa shape index (κ2) is 9.32. The van der Waals surface area contributed by atoms with Gasteiger partial charge in [-0.15, -0.1) is 0 Å². The number of phenolic OH excluding ortho intramolecular Hbond substituents is 1. The van der Waals surface area contributed by atoms with Gasteiger partial charge in [0, 0.05) is 16.9 Å². The fourth-order valence-corrected chi connectivity index (χ4v) is 4.75. The van der Waals surface area contributed by atoms with Crippen LogP contribution < -0.4 is 10.5 Å². The lowest BCUT2D eigenvalue weighted by Crippen LogP contribution is -3.12. The number of aromatic hydroxyl groups is 1. The number of aryl methyl sites for hydroxylation is 1. The lowest BCUT2D eigenvalue weighted by atomic mass is 9.97. The van der Waals surface area contributed by atoms with E-state index >= 15 is 0 Å². The van der Waals surface area contributed by atoms with Gasteiger partial charge in [-0.3, -0.25) is 0 Å². The lowest BCUT2D eigenvalue weighted by Gasteiger charge is -2.28. The summed E-state index contributed by atoms with van der Waals surface area (Å²) in [7, 11) is 0. The molecular formula is C23H33ClNO3+. The molecule has 4 nitrogen and oxygen atoms in total. The molecule has 2 heterocycles. The fraction of sp³-hybridized carbons (Fsp3) is 0.609. The molecule has 0 saturated carbocycles. The number of phenols is 1. The Balaban J connectivity index is 1.99. The smallest absolute Gasteiger partial charge is 0.339 e. The maximum atomic E-state index is 12.7. The van der Waals surface area contributed by atoms with Gasteiger partial charge in [0.25, 0.3) is 0 Å². The minimum absolute atomic E-state index is 0.0538. The van der Waals surface area contributed by atoms with Gasteiger partial charge in [-0.2, -0.15) is 0 Å². The third-order valence-corrected chi connectivity index (χ3v) is 6.46. The Hall–Kier alpha value is -1.52. The molecule has 0 radical (unpaired) electrons. The minimum atomic E-state index is -0.272.